The number of nitrogens with zero attached hydrogens (tertiary/aromatic N) is 1. The zero-order valence-corrected chi connectivity index (χ0v) is 13.8. The molecule has 0 spiro atoms. The van der Waals surface area contributed by atoms with Crippen molar-refractivity contribution in [2.75, 3.05) is 33.4 Å². The SMILES string of the molecule is CCCCCNC(=O)C(C)N(CCOC)CCC(N)=S. The van der Waals surface area contributed by atoms with Gasteiger partial charge in [0.05, 0.1) is 17.6 Å². The van der Waals surface area contributed by atoms with Gasteiger partial charge in [-0.1, -0.05) is 32.0 Å². The summed E-state index contributed by atoms with van der Waals surface area (Å²) >= 11 is 4.90. The van der Waals surface area contributed by atoms with Crippen LogP contribution in [0, 0.1) is 0 Å². The van der Waals surface area contributed by atoms with Crippen molar-refractivity contribution >= 4 is 23.1 Å². The zero-order chi connectivity index (χ0) is 15.4. The molecule has 1 amide bonds. The van der Waals surface area contributed by atoms with E-state index in [1.165, 1.54) is 0 Å². The Kier molecular flexibility index (Phi) is 11.6. The highest BCUT2D eigenvalue weighted by Crippen LogP contribution is 2.02. The van der Waals surface area contributed by atoms with Crippen molar-refractivity contribution in [2.45, 2.75) is 45.6 Å². The number of amides is 1. The van der Waals surface area contributed by atoms with Gasteiger partial charge in [0.2, 0.25) is 5.91 Å². The molecule has 5 nitrogen and oxygen atoms in total. The summed E-state index contributed by atoms with van der Waals surface area (Å²) in [5.41, 5.74) is 5.53. The quantitative estimate of drug-likeness (QED) is 0.420. The first kappa shape index (κ1) is 19.3. The molecule has 0 heterocycles. The first-order valence-corrected chi connectivity index (χ1v) is 7.72. The highest BCUT2D eigenvalue weighted by atomic mass is 32.1. The van der Waals surface area contributed by atoms with Gasteiger partial charge in [-0.3, -0.25) is 9.69 Å². The van der Waals surface area contributed by atoms with Gasteiger partial charge in [0.25, 0.3) is 0 Å². The minimum Gasteiger partial charge on any atom is -0.393 e. The van der Waals surface area contributed by atoms with Crippen LogP contribution in [-0.4, -0.2) is 55.2 Å². The number of unbranched alkanes of at least 4 members (excludes halogenated alkanes) is 2. The van der Waals surface area contributed by atoms with E-state index >= 15 is 0 Å². The maximum absolute atomic E-state index is 12.1. The molecule has 0 aromatic carbocycles. The summed E-state index contributed by atoms with van der Waals surface area (Å²) in [5.74, 6) is 0.0557. The first-order chi connectivity index (χ1) is 9.52. The molecule has 0 radical (unpaired) electrons. The maximum atomic E-state index is 12.1. The number of ether oxygens (including phenoxy) is 1. The summed E-state index contributed by atoms with van der Waals surface area (Å²) in [6.45, 7) is 6.76. The lowest BCUT2D eigenvalue weighted by Crippen LogP contribution is -2.47. The number of hydrogen-bond donors (Lipinski definition) is 2. The predicted octanol–water partition coefficient (Wildman–Crippen LogP) is 1.31. The van der Waals surface area contributed by atoms with Crippen molar-refractivity contribution in [3.8, 4) is 0 Å². The number of rotatable bonds is 12. The van der Waals surface area contributed by atoms with Crippen LogP contribution in [0.25, 0.3) is 0 Å². The molecular weight excluding hydrogens is 274 g/mol. The van der Waals surface area contributed by atoms with E-state index in [0.717, 1.165) is 25.8 Å². The van der Waals surface area contributed by atoms with Gasteiger partial charge in [0, 0.05) is 33.2 Å². The van der Waals surface area contributed by atoms with Gasteiger partial charge in [0.15, 0.2) is 0 Å². The fourth-order valence-electron chi connectivity index (χ4n) is 1.86. The molecule has 0 aliphatic carbocycles. The summed E-state index contributed by atoms with van der Waals surface area (Å²) in [6.07, 6.45) is 3.94. The lowest BCUT2D eigenvalue weighted by atomic mass is 10.2. The molecule has 0 bridgehead atoms. The molecule has 0 aromatic rings. The fourth-order valence-corrected chi connectivity index (χ4v) is 1.95. The van der Waals surface area contributed by atoms with Gasteiger partial charge in [-0.15, -0.1) is 0 Å². The third-order valence-corrected chi connectivity index (χ3v) is 3.44. The van der Waals surface area contributed by atoms with E-state index in [1.54, 1.807) is 7.11 Å². The molecule has 1 unspecified atom stereocenters. The van der Waals surface area contributed by atoms with Crippen molar-refractivity contribution < 1.29 is 9.53 Å². The molecule has 6 heteroatoms. The molecule has 0 rings (SSSR count). The van der Waals surface area contributed by atoms with Gasteiger partial charge in [-0.2, -0.15) is 0 Å². The molecular formula is C14H29N3O2S. The Morgan fingerprint density at radius 2 is 2.10 bits per heavy atom. The number of nitrogens with one attached hydrogen (secondary N) is 1. The molecule has 0 fully saturated rings. The van der Waals surface area contributed by atoms with Crippen LogP contribution in [0.3, 0.4) is 0 Å². The Morgan fingerprint density at radius 3 is 2.65 bits per heavy atom. The van der Waals surface area contributed by atoms with Gasteiger partial charge in [-0.05, 0) is 13.3 Å². The smallest absolute Gasteiger partial charge is 0.237 e. The highest BCUT2D eigenvalue weighted by molar-refractivity contribution is 7.80. The molecule has 0 aliphatic rings. The molecule has 0 saturated carbocycles. The van der Waals surface area contributed by atoms with Crippen LogP contribution in [0.2, 0.25) is 0 Å². The second-order valence-electron chi connectivity index (χ2n) is 4.92. The van der Waals surface area contributed by atoms with Crippen LogP contribution >= 0.6 is 12.2 Å². The molecule has 3 N–H and O–H groups in total. The van der Waals surface area contributed by atoms with Crippen molar-refractivity contribution in [3.05, 3.63) is 0 Å². The highest BCUT2D eigenvalue weighted by Gasteiger charge is 2.20. The summed E-state index contributed by atoms with van der Waals surface area (Å²) < 4.78 is 5.08. The minimum atomic E-state index is -0.193. The Balaban J connectivity index is 4.23. The Bertz CT molecular complexity index is 288. The molecule has 1 atom stereocenters. The average Bonchev–Trinajstić information content (AvgIpc) is 2.42. The van der Waals surface area contributed by atoms with Crippen LogP contribution in [0.5, 0.6) is 0 Å². The third-order valence-electron chi connectivity index (χ3n) is 3.23. The van der Waals surface area contributed by atoms with E-state index in [4.69, 9.17) is 22.7 Å². The Labute approximate surface area is 128 Å². The number of methoxy groups -OCH3 is 1. The molecule has 0 saturated heterocycles. The average molecular weight is 303 g/mol. The first-order valence-electron chi connectivity index (χ1n) is 7.31. The predicted molar refractivity (Wildman–Crippen MR) is 86.8 cm³/mol. The van der Waals surface area contributed by atoms with Crippen molar-refractivity contribution in [2.24, 2.45) is 5.73 Å². The van der Waals surface area contributed by atoms with Crippen LogP contribution in [0.15, 0.2) is 0 Å². The molecule has 0 aliphatic heterocycles. The summed E-state index contributed by atoms with van der Waals surface area (Å²) in [6, 6.07) is -0.193. The molecule has 118 valence electrons. The number of hydrogen-bond acceptors (Lipinski definition) is 4. The van der Waals surface area contributed by atoms with Crippen LogP contribution in [-0.2, 0) is 9.53 Å². The van der Waals surface area contributed by atoms with Gasteiger partial charge in [0.1, 0.15) is 0 Å². The van der Waals surface area contributed by atoms with Gasteiger partial charge in [-0.25, -0.2) is 0 Å². The number of carbonyl (C=O) groups is 1. The van der Waals surface area contributed by atoms with Gasteiger partial charge < -0.3 is 15.8 Å². The second-order valence-corrected chi connectivity index (χ2v) is 5.44. The van der Waals surface area contributed by atoms with Crippen LogP contribution < -0.4 is 11.1 Å². The van der Waals surface area contributed by atoms with Crippen molar-refractivity contribution in [1.29, 1.82) is 0 Å². The van der Waals surface area contributed by atoms with E-state index in [0.29, 0.717) is 31.1 Å². The lowest BCUT2D eigenvalue weighted by molar-refractivity contribution is -0.126. The Hall–Kier alpha value is -0.720. The Morgan fingerprint density at radius 1 is 1.40 bits per heavy atom. The topological polar surface area (TPSA) is 67.6 Å². The van der Waals surface area contributed by atoms with E-state index in [1.807, 2.05) is 6.92 Å². The largest absolute Gasteiger partial charge is 0.393 e. The minimum absolute atomic E-state index is 0.0557. The fraction of sp³-hybridized carbons (Fsp3) is 0.857. The lowest BCUT2D eigenvalue weighted by Gasteiger charge is -2.27. The summed E-state index contributed by atoms with van der Waals surface area (Å²) in [7, 11) is 1.65. The normalized spacial score (nSPS) is 12.4. The van der Waals surface area contributed by atoms with Crippen molar-refractivity contribution in [1.82, 2.24) is 10.2 Å². The monoisotopic (exact) mass is 303 g/mol. The zero-order valence-electron chi connectivity index (χ0n) is 13.0. The van der Waals surface area contributed by atoms with Crippen LogP contribution in [0.4, 0.5) is 0 Å². The van der Waals surface area contributed by atoms with Crippen LogP contribution in [0.1, 0.15) is 39.5 Å². The second kappa shape index (κ2) is 12.1. The van der Waals surface area contributed by atoms with E-state index in [2.05, 4.69) is 17.1 Å². The van der Waals surface area contributed by atoms with Gasteiger partial charge >= 0.3 is 0 Å². The summed E-state index contributed by atoms with van der Waals surface area (Å²) in [4.78, 5) is 14.6. The molecule has 0 aromatic heterocycles. The standard InChI is InChI=1S/C14H29N3O2S/c1-4-5-6-8-16-14(18)12(2)17(10-11-19-3)9-7-13(15)20/h12H,4-11H2,1-3H3,(H2,15,20)(H,16,18). The van der Waals surface area contributed by atoms with E-state index in [-0.39, 0.29) is 11.9 Å². The van der Waals surface area contributed by atoms with E-state index in [9.17, 15) is 4.79 Å². The maximum Gasteiger partial charge on any atom is 0.237 e. The third kappa shape index (κ3) is 9.23. The number of carbonyl (C=O) groups excluding carboxylic acids is 1. The van der Waals surface area contributed by atoms with E-state index < -0.39 is 0 Å². The number of thiocarbonyl (C=S) groups is 1. The van der Waals surface area contributed by atoms with Crippen molar-refractivity contribution in [3.63, 3.8) is 0 Å². The number of nitrogens with two attached hydrogens (primary N) is 1. The summed E-state index contributed by atoms with van der Waals surface area (Å²) in [5, 5.41) is 2.98. The molecule has 20 heavy (non-hydrogen) atoms.